The summed E-state index contributed by atoms with van der Waals surface area (Å²) >= 11 is 0. The molecule has 18 heavy (non-hydrogen) atoms. The highest BCUT2D eigenvalue weighted by molar-refractivity contribution is 5.94. The van der Waals surface area contributed by atoms with E-state index in [1.807, 2.05) is 0 Å². The van der Waals surface area contributed by atoms with Gasteiger partial charge in [0.25, 0.3) is 5.91 Å². The first-order chi connectivity index (χ1) is 8.68. The first kappa shape index (κ1) is 13.0. The van der Waals surface area contributed by atoms with E-state index in [0.717, 1.165) is 26.1 Å². The van der Waals surface area contributed by atoms with Crippen LogP contribution >= 0.6 is 0 Å². The van der Waals surface area contributed by atoms with Gasteiger partial charge in [-0.15, -0.1) is 0 Å². The number of amides is 1. The largest absolute Gasteiger partial charge is 0.381 e. The van der Waals surface area contributed by atoms with Crippen LogP contribution in [0.1, 0.15) is 28.8 Å². The highest BCUT2D eigenvalue weighted by Crippen LogP contribution is 2.16. The lowest BCUT2D eigenvalue weighted by molar-refractivity contribution is 0.0946. The Hall–Kier alpha value is -1.42. The second-order valence-electron chi connectivity index (χ2n) is 4.71. The van der Waals surface area contributed by atoms with Gasteiger partial charge in [-0.3, -0.25) is 4.79 Å². The molecule has 4 heteroatoms. The van der Waals surface area contributed by atoms with E-state index >= 15 is 0 Å². The summed E-state index contributed by atoms with van der Waals surface area (Å²) in [6, 6.07) is 4.86. The Morgan fingerprint density at radius 2 is 2.39 bits per heavy atom. The smallest absolute Gasteiger partial charge is 0.254 e. The number of aryl methyl sites for hydroxylation is 1. The molecule has 0 aliphatic carbocycles. The molecule has 0 spiro atoms. The lowest BCUT2D eigenvalue weighted by Crippen LogP contribution is -2.27. The molecule has 0 saturated carbocycles. The molecule has 1 fully saturated rings. The van der Waals surface area contributed by atoms with E-state index in [2.05, 4.69) is 5.32 Å². The molecule has 1 N–H and O–H groups in total. The molecular formula is C14H18FNO2. The quantitative estimate of drug-likeness (QED) is 0.891. The predicted molar refractivity (Wildman–Crippen MR) is 67.0 cm³/mol. The fourth-order valence-corrected chi connectivity index (χ4v) is 2.12. The first-order valence-corrected chi connectivity index (χ1v) is 6.29. The molecule has 1 aromatic carbocycles. The van der Waals surface area contributed by atoms with E-state index in [1.54, 1.807) is 19.1 Å². The van der Waals surface area contributed by atoms with Crippen molar-refractivity contribution in [2.75, 3.05) is 19.8 Å². The van der Waals surface area contributed by atoms with Gasteiger partial charge in [0.1, 0.15) is 5.82 Å². The van der Waals surface area contributed by atoms with Gasteiger partial charge in [0, 0.05) is 19.8 Å². The number of hydrogen-bond acceptors (Lipinski definition) is 2. The van der Waals surface area contributed by atoms with Gasteiger partial charge in [0.2, 0.25) is 0 Å². The molecule has 1 atom stereocenters. The third-order valence-electron chi connectivity index (χ3n) is 3.30. The summed E-state index contributed by atoms with van der Waals surface area (Å²) in [5.41, 5.74) is 0.615. The lowest BCUT2D eigenvalue weighted by Gasteiger charge is -2.09. The van der Waals surface area contributed by atoms with Crippen LogP contribution in [0.5, 0.6) is 0 Å². The van der Waals surface area contributed by atoms with Gasteiger partial charge in [-0.1, -0.05) is 12.1 Å². The molecule has 98 valence electrons. The Balaban J connectivity index is 1.85. The van der Waals surface area contributed by atoms with Gasteiger partial charge in [0.15, 0.2) is 0 Å². The predicted octanol–water partition coefficient (Wildman–Crippen LogP) is 2.29. The SMILES string of the molecule is Cc1cccc(C(=O)NCCC2CCOC2)c1F. The molecule has 0 radical (unpaired) electrons. The summed E-state index contributed by atoms with van der Waals surface area (Å²) in [5, 5.41) is 2.76. The van der Waals surface area contributed by atoms with Gasteiger partial charge in [-0.25, -0.2) is 4.39 Å². The van der Waals surface area contributed by atoms with Crippen LogP contribution in [0.3, 0.4) is 0 Å². The molecule has 1 saturated heterocycles. The van der Waals surface area contributed by atoms with Crippen LogP contribution in [0.2, 0.25) is 0 Å². The topological polar surface area (TPSA) is 38.3 Å². The van der Waals surface area contributed by atoms with Gasteiger partial charge < -0.3 is 10.1 Å². The highest BCUT2D eigenvalue weighted by Gasteiger charge is 2.16. The summed E-state index contributed by atoms with van der Waals surface area (Å²) in [5.74, 6) is -0.248. The molecule has 0 bridgehead atoms. The number of carbonyl (C=O) groups excluding carboxylic acids is 1. The number of benzene rings is 1. The van der Waals surface area contributed by atoms with Crippen LogP contribution in [-0.4, -0.2) is 25.7 Å². The number of hydrogen-bond donors (Lipinski definition) is 1. The van der Waals surface area contributed by atoms with Crippen molar-refractivity contribution < 1.29 is 13.9 Å². The molecule has 3 nitrogen and oxygen atoms in total. The monoisotopic (exact) mass is 251 g/mol. The van der Waals surface area contributed by atoms with Crippen LogP contribution in [0.4, 0.5) is 4.39 Å². The van der Waals surface area contributed by atoms with Crippen molar-refractivity contribution in [2.45, 2.75) is 19.8 Å². The fourth-order valence-electron chi connectivity index (χ4n) is 2.12. The van der Waals surface area contributed by atoms with E-state index in [9.17, 15) is 9.18 Å². The van der Waals surface area contributed by atoms with E-state index in [4.69, 9.17) is 4.74 Å². The second kappa shape index (κ2) is 5.96. The van der Waals surface area contributed by atoms with Crippen LogP contribution in [0.15, 0.2) is 18.2 Å². The van der Waals surface area contributed by atoms with Crippen molar-refractivity contribution in [2.24, 2.45) is 5.92 Å². The van der Waals surface area contributed by atoms with Crippen molar-refractivity contribution in [1.82, 2.24) is 5.32 Å². The normalized spacial score (nSPS) is 18.9. The lowest BCUT2D eigenvalue weighted by atomic mass is 10.1. The molecule has 1 aliphatic rings. The Morgan fingerprint density at radius 3 is 3.11 bits per heavy atom. The maximum Gasteiger partial charge on any atom is 0.254 e. The summed E-state index contributed by atoms with van der Waals surface area (Å²) < 4.78 is 19.0. The fraction of sp³-hybridized carbons (Fsp3) is 0.500. The number of nitrogens with one attached hydrogen (secondary N) is 1. The highest BCUT2D eigenvalue weighted by atomic mass is 19.1. The Kier molecular flexibility index (Phi) is 4.31. The van der Waals surface area contributed by atoms with Crippen molar-refractivity contribution in [3.63, 3.8) is 0 Å². The minimum absolute atomic E-state index is 0.123. The molecular weight excluding hydrogens is 233 g/mol. The van der Waals surface area contributed by atoms with Crippen LogP contribution in [0, 0.1) is 18.7 Å². The van der Waals surface area contributed by atoms with E-state index in [-0.39, 0.29) is 11.5 Å². The Labute approximate surface area is 106 Å². The number of ether oxygens (including phenoxy) is 1. The Morgan fingerprint density at radius 1 is 1.56 bits per heavy atom. The maximum absolute atomic E-state index is 13.7. The van der Waals surface area contributed by atoms with Gasteiger partial charge >= 0.3 is 0 Å². The zero-order chi connectivity index (χ0) is 13.0. The van der Waals surface area contributed by atoms with E-state index < -0.39 is 5.82 Å². The van der Waals surface area contributed by atoms with Crippen molar-refractivity contribution in [1.29, 1.82) is 0 Å². The number of carbonyl (C=O) groups is 1. The second-order valence-corrected chi connectivity index (χ2v) is 4.71. The maximum atomic E-state index is 13.7. The number of rotatable bonds is 4. The standard InChI is InChI=1S/C14H18FNO2/c1-10-3-2-4-12(13(10)15)14(17)16-7-5-11-6-8-18-9-11/h2-4,11H,5-9H2,1H3,(H,16,17). The van der Waals surface area contributed by atoms with Crippen LogP contribution in [-0.2, 0) is 4.74 Å². The van der Waals surface area contributed by atoms with Crippen LogP contribution in [0.25, 0.3) is 0 Å². The third-order valence-corrected chi connectivity index (χ3v) is 3.30. The van der Waals surface area contributed by atoms with Gasteiger partial charge in [-0.2, -0.15) is 0 Å². The molecule has 1 aliphatic heterocycles. The molecule has 2 rings (SSSR count). The zero-order valence-corrected chi connectivity index (χ0v) is 10.5. The Bertz CT molecular complexity index is 428. The van der Waals surface area contributed by atoms with Crippen molar-refractivity contribution in [3.8, 4) is 0 Å². The summed E-state index contributed by atoms with van der Waals surface area (Å²) in [6.45, 7) is 3.81. The first-order valence-electron chi connectivity index (χ1n) is 6.29. The average molecular weight is 251 g/mol. The third kappa shape index (κ3) is 3.07. The molecule has 1 unspecified atom stereocenters. The zero-order valence-electron chi connectivity index (χ0n) is 10.5. The van der Waals surface area contributed by atoms with Crippen molar-refractivity contribution >= 4 is 5.91 Å². The molecule has 0 aromatic heterocycles. The average Bonchev–Trinajstić information content (AvgIpc) is 2.85. The van der Waals surface area contributed by atoms with Gasteiger partial charge in [-0.05, 0) is 37.3 Å². The van der Waals surface area contributed by atoms with E-state index in [1.165, 1.54) is 6.07 Å². The summed E-state index contributed by atoms with van der Waals surface area (Å²) in [6.07, 6.45) is 1.94. The van der Waals surface area contributed by atoms with E-state index in [0.29, 0.717) is 18.0 Å². The van der Waals surface area contributed by atoms with Crippen LogP contribution < -0.4 is 5.32 Å². The number of halogens is 1. The molecule has 1 amide bonds. The molecule has 1 aromatic rings. The van der Waals surface area contributed by atoms with Crippen molar-refractivity contribution in [3.05, 3.63) is 35.1 Å². The minimum atomic E-state index is -0.431. The minimum Gasteiger partial charge on any atom is -0.381 e. The molecule has 1 heterocycles. The van der Waals surface area contributed by atoms with Gasteiger partial charge in [0.05, 0.1) is 5.56 Å². The summed E-state index contributed by atoms with van der Waals surface area (Å²) in [7, 11) is 0. The summed E-state index contributed by atoms with van der Waals surface area (Å²) in [4.78, 5) is 11.8.